The summed E-state index contributed by atoms with van der Waals surface area (Å²) >= 11 is 1.54. The molecule has 0 atom stereocenters. The van der Waals surface area contributed by atoms with Crippen molar-refractivity contribution in [3.8, 4) is 5.75 Å². The predicted molar refractivity (Wildman–Crippen MR) is 141 cm³/mol. The molecule has 1 aliphatic heterocycles. The Labute approximate surface area is 209 Å². The van der Waals surface area contributed by atoms with E-state index in [1.165, 1.54) is 11.3 Å². The van der Waals surface area contributed by atoms with Crippen LogP contribution in [0.4, 0.5) is 11.4 Å². The van der Waals surface area contributed by atoms with E-state index < -0.39 is 0 Å². The van der Waals surface area contributed by atoms with Crippen molar-refractivity contribution in [2.75, 3.05) is 36.4 Å². The molecule has 3 aromatic carbocycles. The van der Waals surface area contributed by atoms with E-state index in [1.807, 2.05) is 29.6 Å². The van der Waals surface area contributed by atoms with Crippen molar-refractivity contribution in [3.63, 3.8) is 0 Å². The van der Waals surface area contributed by atoms with E-state index in [0.29, 0.717) is 17.9 Å². The quantitative estimate of drug-likeness (QED) is 0.368. The van der Waals surface area contributed by atoms with Gasteiger partial charge in [0.25, 0.3) is 5.91 Å². The van der Waals surface area contributed by atoms with Gasteiger partial charge in [-0.25, -0.2) is 4.98 Å². The molecule has 7 heteroatoms. The fourth-order valence-electron chi connectivity index (χ4n) is 4.13. The van der Waals surface area contributed by atoms with Gasteiger partial charge in [0.1, 0.15) is 12.4 Å². The van der Waals surface area contributed by atoms with Crippen molar-refractivity contribution in [1.82, 2.24) is 9.88 Å². The number of piperazine rings is 1. The smallest absolute Gasteiger partial charge is 0.255 e. The molecule has 0 unspecified atom stereocenters. The number of hydrogen-bond acceptors (Lipinski definition) is 6. The monoisotopic (exact) mass is 484 g/mol. The molecule has 0 spiro atoms. The highest BCUT2D eigenvalue weighted by Crippen LogP contribution is 2.21. The van der Waals surface area contributed by atoms with Gasteiger partial charge in [0, 0.05) is 55.0 Å². The molecule has 5 rings (SSSR count). The third-order valence-electron chi connectivity index (χ3n) is 6.10. The van der Waals surface area contributed by atoms with Gasteiger partial charge < -0.3 is 15.0 Å². The first kappa shape index (κ1) is 23.1. The van der Waals surface area contributed by atoms with Crippen LogP contribution in [0, 0.1) is 0 Å². The van der Waals surface area contributed by atoms with Gasteiger partial charge in [-0.05, 0) is 54.1 Å². The highest BCUT2D eigenvalue weighted by Gasteiger charge is 2.17. The molecule has 1 aliphatic rings. The van der Waals surface area contributed by atoms with Crippen LogP contribution in [0.15, 0.2) is 89.8 Å². The Balaban J connectivity index is 1.10. The zero-order valence-electron chi connectivity index (χ0n) is 19.5. The summed E-state index contributed by atoms with van der Waals surface area (Å²) in [6.07, 6.45) is 0. The van der Waals surface area contributed by atoms with Crippen LogP contribution in [0.25, 0.3) is 0 Å². The van der Waals surface area contributed by atoms with Crippen molar-refractivity contribution in [3.05, 3.63) is 107 Å². The Hall–Kier alpha value is -3.68. The lowest BCUT2D eigenvalue weighted by molar-refractivity contribution is 0.102. The zero-order chi connectivity index (χ0) is 23.9. The second-order valence-electron chi connectivity index (χ2n) is 8.54. The van der Waals surface area contributed by atoms with Crippen molar-refractivity contribution in [1.29, 1.82) is 0 Å². The fourth-order valence-corrected chi connectivity index (χ4v) is 4.68. The minimum absolute atomic E-state index is 0.140. The largest absolute Gasteiger partial charge is 0.487 e. The van der Waals surface area contributed by atoms with Crippen LogP contribution < -0.4 is 15.0 Å². The molecule has 178 valence electrons. The van der Waals surface area contributed by atoms with Gasteiger partial charge in [0.2, 0.25) is 0 Å². The summed E-state index contributed by atoms with van der Waals surface area (Å²) in [4.78, 5) is 21.8. The number of benzene rings is 3. The standard InChI is InChI=1S/C28H28N4O2S/c33-28(23-6-12-27(13-7-23)34-19-25-20-35-21-29-25)30-24-8-10-26(11-9-24)32-16-14-31(15-17-32)18-22-4-2-1-3-5-22/h1-13,20-21H,14-19H2,(H,30,33). The Bertz CT molecular complexity index is 1200. The van der Waals surface area contributed by atoms with Crippen LogP contribution in [0.3, 0.4) is 0 Å². The van der Waals surface area contributed by atoms with E-state index >= 15 is 0 Å². The molecule has 1 saturated heterocycles. The highest BCUT2D eigenvalue weighted by molar-refractivity contribution is 7.07. The number of carbonyl (C=O) groups excluding carboxylic acids is 1. The first-order chi connectivity index (χ1) is 17.2. The lowest BCUT2D eigenvalue weighted by Crippen LogP contribution is -2.45. The molecule has 35 heavy (non-hydrogen) atoms. The van der Waals surface area contributed by atoms with Crippen LogP contribution in [-0.4, -0.2) is 42.0 Å². The molecule has 0 aliphatic carbocycles. The topological polar surface area (TPSA) is 57.7 Å². The van der Waals surface area contributed by atoms with Crippen LogP contribution in [-0.2, 0) is 13.2 Å². The number of ether oxygens (including phenoxy) is 1. The van der Waals surface area contributed by atoms with Crippen molar-refractivity contribution in [2.45, 2.75) is 13.2 Å². The van der Waals surface area contributed by atoms with Crippen LogP contribution in [0.5, 0.6) is 5.75 Å². The normalized spacial score (nSPS) is 14.0. The molecule has 1 amide bonds. The number of rotatable bonds is 8. The minimum atomic E-state index is -0.140. The number of aromatic nitrogens is 1. The number of amides is 1. The fraction of sp³-hybridized carbons (Fsp3) is 0.214. The SMILES string of the molecule is O=C(Nc1ccc(N2CCN(Cc3ccccc3)CC2)cc1)c1ccc(OCc2cscn2)cc1. The van der Waals surface area contributed by atoms with Crippen LogP contribution in [0.2, 0.25) is 0 Å². The van der Waals surface area contributed by atoms with E-state index in [0.717, 1.165) is 44.1 Å². The van der Waals surface area contributed by atoms with Gasteiger partial charge in [-0.15, -0.1) is 11.3 Å². The summed E-state index contributed by atoms with van der Waals surface area (Å²) in [7, 11) is 0. The Morgan fingerprint density at radius 1 is 0.914 bits per heavy atom. The molecule has 1 N–H and O–H groups in total. The van der Waals surface area contributed by atoms with Gasteiger partial charge in [-0.1, -0.05) is 30.3 Å². The summed E-state index contributed by atoms with van der Waals surface area (Å²) in [5.41, 5.74) is 6.60. The first-order valence-electron chi connectivity index (χ1n) is 11.8. The average molecular weight is 485 g/mol. The molecule has 2 heterocycles. The molecule has 0 bridgehead atoms. The number of hydrogen-bond donors (Lipinski definition) is 1. The first-order valence-corrected chi connectivity index (χ1v) is 12.7. The number of anilines is 2. The molecular formula is C28H28N4O2S. The maximum atomic E-state index is 12.7. The Kier molecular flexibility index (Phi) is 7.36. The van der Waals surface area contributed by atoms with Crippen molar-refractivity contribution >= 4 is 28.6 Å². The summed E-state index contributed by atoms with van der Waals surface area (Å²) in [6, 6.07) is 25.9. The predicted octanol–water partition coefficient (Wildman–Crippen LogP) is 5.30. The van der Waals surface area contributed by atoms with Gasteiger partial charge in [-0.2, -0.15) is 0 Å². The Morgan fingerprint density at radius 3 is 2.34 bits per heavy atom. The maximum absolute atomic E-state index is 12.7. The number of thiazole rings is 1. The van der Waals surface area contributed by atoms with E-state index in [-0.39, 0.29) is 5.91 Å². The number of carbonyl (C=O) groups is 1. The number of nitrogens with one attached hydrogen (secondary N) is 1. The maximum Gasteiger partial charge on any atom is 0.255 e. The number of nitrogens with zero attached hydrogens (tertiary/aromatic N) is 3. The summed E-state index contributed by atoms with van der Waals surface area (Å²) < 4.78 is 5.72. The van der Waals surface area contributed by atoms with E-state index in [9.17, 15) is 4.79 Å². The second kappa shape index (κ2) is 11.2. The van der Waals surface area contributed by atoms with Gasteiger partial charge in [0.15, 0.2) is 0 Å². The van der Waals surface area contributed by atoms with Gasteiger partial charge >= 0.3 is 0 Å². The highest BCUT2D eigenvalue weighted by atomic mass is 32.1. The van der Waals surface area contributed by atoms with Crippen LogP contribution in [0.1, 0.15) is 21.6 Å². The van der Waals surface area contributed by atoms with E-state index in [1.54, 1.807) is 29.0 Å². The lowest BCUT2D eigenvalue weighted by atomic mass is 10.1. The molecule has 0 saturated carbocycles. The van der Waals surface area contributed by atoms with E-state index in [2.05, 4.69) is 62.6 Å². The van der Waals surface area contributed by atoms with Gasteiger partial charge in [0.05, 0.1) is 11.2 Å². The zero-order valence-corrected chi connectivity index (χ0v) is 20.3. The second-order valence-corrected chi connectivity index (χ2v) is 9.26. The molecule has 0 radical (unpaired) electrons. The molecule has 6 nitrogen and oxygen atoms in total. The van der Waals surface area contributed by atoms with Crippen molar-refractivity contribution < 1.29 is 9.53 Å². The third-order valence-corrected chi connectivity index (χ3v) is 6.73. The van der Waals surface area contributed by atoms with Crippen molar-refractivity contribution in [2.24, 2.45) is 0 Å². The summed E-state index contributed by atoms with van der Waals surface area (Å²) in [6.45, 7) is 5.49. The average Bonchev–Trinajstić information content (AvgIpc) is 3.43. The van der Waals surface area contributed by atoms with Gasteiger partial charge in [-0.3, -0.25) is 9.69 Å². The molecular weight excluding hydrogens is 456 g/mol. The third kappa shape index (κ3) is 6.26. The molecule has 1 fully saturated rings. The lowest BCUT2D eigenvalue weighted by Gasteiger charge is -2.36. The van der Waals surface area contributed by atoms with Crippen LogP contribution >= 0.6 is 11.3 Å². The minimum Gasteiger partial charge on any atom is -0.487 e. The molecule has 1 aromatic heterocycles. The van der Waals surface area contributed by atoms with E-state index in [4.69, 9.17) is 4.74 Å². The Morgan fingerprint density at radius 2 is 1.66 bits per heavy atom. The summed E-state index contributed by atoms with van der Waals surface area (Å²) in [5, 5.41) is 4.94. The molecule has 4 aromatic rings. The summed E-state index contributed by atoms with van der Waals surface area (Å²) in [5.74, 6) is 0.570.